The molecule has 0 aliphatic carbocycles. The van der Waals surface area contributed by atoms with E-state index >= 15 is 0 Å². The average molecular weight is 104 g/mol. The van der Waals surface area contributed by atoms with Gasteiger partial charge in [0.2, 0.25) is 0 Å². The van der Waals surface area contributed by atoms with Gasteiger partial charge in [0, 0.05) is 13.7 Å². The average Bonchev–Trinajstić information content (AvgIpc) is 1.68. The van der Waals surface area contributed by atoms with Crippen molar-refractivity contribution in [3.8, 4) is 0 Å². The maximum absolute atomic E-state index is 8.29. The molecule has 0 saturated heterocycles. The van der Waals surface area contributed by atoms with Crippen LogP contribution in [-0.2, 0) is 4.74 Å². The molecule has 2 nitrogen and oxygen atoms in total. The summed E-state index contributed by atoms with van der Waals surface area (Å²) in [7, 11) is 1.64. The fourth-order valence-electron chi connectivity index (χ4n) is 0.300. The van der Waals surface area contributed by atoms with Crippen LogP contribution in [-0.4, -0.2) is 24.9 Å². The predicted molar refractivity (Wildman–Crippen MR) is 28.2 cm³/mol. The van der Waals surface area contributed by atoms with Crippen LogP contribution in [0.5, 0.6) is 0 Å². The van der Waals surface area contributed by atoms with Gasteiger partial charge in [-0.3, -0.25) is 0 Å². The van der Waals surface area contributed by atoms with E-state index in [4.69, 9.17) is 9.84 Å². The third kappa shape index (κ3) is 3.76. The molecule has 0 aromatic rings. The normalized spacial score (nSPS) is 14.1. The van der Waals surface area contributed by atoms with E-state index in [0.29, 0.717) is 0 Å². The van der Waals surface area contributed by atoms with Crippen molar-refractivity contribution in [3.63, 3.8) is 0 Å². The monoisotopic (exact) mass is 104 g/mol. The van der Waals surface area contributed by atoms with Gasteiger partial charge in [0.25, 0.3) is 0 Å². The molecule has 0 spiro atoms. The van der Waals surface area contributed by atoms with Crippen molar-refractivity contribution in [1.29, 1.82) is 0 Å². The minimum Gasteiger partial charge on any atom is -0.396 e. The Kier molecular flexibility index (Phi) is 4.04. The van der Waals surface area contributed by atoms with Crippen molar-refractivity contribution in [2.24, 2.45) is 0 Å². The number of aliphatic hydroxyl groups excluding tert-OH is 1. The smallest absolute Gasteiger partial charge is 0.0565 e. The van der Waals surface area contributed by atoms with Crippen LogP contribution in [0.25, 0.3) is 0 Å². The van der Waals surface area contributed by atoms with Crippen LogP contribution in [0.2, 0.25) is 0 Å². The molecular formula is C5H12O2. The number of ether oxygens (including phenoxy) is 1. The van der Waals surface area contributed by atoms with E-state index < -0.39 is 0 Å². The molecule has 0 rings (SSSR count). The van der Waals surface area contributed by atoms with Crippen molar-refractivity contribution in [2.75, 3.05) is 13.7 Å². The van der Waals surface area contributed by atoms with Gasteiger partial charge in [-0.1, -0.05) is 0 Å². The molecule has 0 saturated carbocycles. The summed E-state index contributed by atoms with van der Waals surface area (Å²) in [6.45, 7) is 2.14. The van der Waals surface area contributed by atoms with Gasteiger partial charge in [-0.2, -0.15) is 0 Å². The van der Waals surface area contributed by atoms with Gasteiger partial charge in [-0.15, -0.1) is 0 Å². The Hall–Kier alpha value is -0.0800. The molecule has 0 aliphatic heterocycles. The maximum Gasteiger partial charge on any atom is 0.0565 e. The fourth-order valence-corrected chi connectivity index (χ4v) is 0.300. The second-order valence-corrected chi connectivity index (χ2v) is 1.56. The molecule has 2 heteroatoms. The molecule has 44 valence electrons. The highest BCUT2D eigenvalue weighted by molar-refractivity contribution is 4.44. The van der Waals surface area contributed by atoms with E-state index in [1.165, 1.54) is 0 Å². The van der Waals surface area contributed by atoms with Crippen LogP contribution in [0.1, 0.15) is 13.3 Å². The summed E-state index contributed by atoms with van der Waals surface area (Å²) in [6, 6.07) is 0. The van der Waals surface area contributed by atoms with Crippen molar-refractivity contribution in [2.45, 2.75) is 19.4 Å². The molecule has 0 radical (unpaired) electrons. The van der Waals surface area contributed by atoms with Crippen LogP contribution < -0.4 is 0 Å². The highest BCUT2D eigenvalue weighted by Gasteiger charge is 1.93. The zero-order valence-electron chi connectivity index (χ0n) is 4.85. The van der Waals surface area contributed by atoms with E-state index in [1.807, 2.05) is 6.92 Å². The summed E-state index contributed by atoms with van der Waals surface area (Å²) in [5.41, 5.74) is 0. The first-order valence-electron chi connectivity index (χ1n) is 2.45. The number of hydrogen-bond acceptors (Lipinski definition) is 2. The van der Waals surface area contributed by atoms with Gasteiger partial charge in [0.15, 0.2) is 0 Å². The molecule has 0 amide bonds. The number of aliphatic hydroxyl groups is 1. The molecule has 0 unspecified atom stereocenters. The Labute approximate surface area is 44.1 Å². The van der Waals surface area contributed by atoms with Crippen LogP contribution >= 0.6 is 0 Å². The molecule has 7 heavy (non-hydrogen) atoms. The SMILES string of the molecule is CO[C@@H](C)CCO. The Balaban J connectivity index is 2.83. The fraction of sp³-hybridized carbons (Fsp3) is 1.00. The van der Waals surface area contributed by atoms with Crippen LogP contribution in [0.15, 0.2) is 0 Å². The highest BCUT2D eigenvalue weighted by Crippen LogP contribution is 1.90. The Morgan fingerprint density at radius 3 is 2.43 bits per heavy atom. The summed E-state index contributed by atoms with van der Waals surface area (Å²) in [5, 5.41) is 8.29. The van der Waals surface area contributed by atoms with Gasteiger partial charge in [-0.05, 0) is 13.3 Å². The topological polar surface area (TPSA) is 29.5 Å². The Bertz CT molecular complexity index is 37.1. The first-order valence-corrected chi connectivity index (χ1v) is 2.45. The largest absolute Gasteiger partial charge is 0.396 e. The molecule has 1 atom stereocenters. The lowest BCUT2D eigenvalue weighted by atomic mass is 10.3. The van der Waals surface area contributed by atoms with Gasteiger partial charge < -0.3 is 9.84 Å². The molecule has 0 aromatic heterocycles. The van der Waals surface area contributed by atoms with Crippen LogP contribution in [0.4, 0.5) is 0 Å². The van der Waals surface area contributed by atoms with E-state index in [1.54, 1.807) is 7.11 Å². The van der Waals surface area contributed by atoms with Crippen molar-refractivity contribution < 1.29 is 9.84 Å². The summed E-state index contributed by atoms with van der Waals surface area (Å²) in [4.78, 5) is 0. The third-order valence-corrected chi connectivity index (χ3v) is 0.938. The van der Waals surface area contributed by atoms with Gasteiger partial charge in [-0.25, -0.2) is 0 Å². The first-order chi connectivity index (χ1) is 3.31. The molecule has 0 fully saturated rings. The van der Waals surface area contributed by atoms with Crippen LogP contribution in [0.3, 0.4) is 0 Å². The summed E-state index contributed by atoms with van der Waals surface area (Å²) >= 11 is 0. The summed E-state index contributed by atoms with van der Waals surface area (Å²) in [5.74, 6) is 0. The second kappa shape index (κ2) is 4.09. The highest BCUT2D eigenvalue weighted by atomic mass is 16.5. The molecule has 0 heterocycles. The predicted octanol–water partition coefficient (Wildman–Crippen LogP) is 0.404. The van der Waals surface area contributed by atoms with Crippen LogP contribution in [0, 0.1) is 0 Å². The second-order valence-electron chi connectivity index (χ2n) is 1.56. The zero-order valence-corrected chi connectivity index (χ0v) is 4.85. The lowest BCUT2D eigenvalue weighted by Crippen LogP contribution is -2.05. The quantitative estimate of drug-likeness (QED) is 0.561. The third-order valence-electron chi connectivity index (χ3n) is 0.938. The minimum absolute atomic E-state index is 0.199. The molecule has 1 N–H and O–H groups in total. The van der Waals surface area contributed by atoms with Crippen molar-refractivity contribution in [1.82, 2.24) is 0 Å². The van der Waals surface area contributed by atoms with Crippen molar-refractivity contribution >= 4 is 0 Å². The van der Waals surface area contributed by atoms with Crippen molar-refractivity contribution in [3.05, 3.63) is 0 Å². The van der Waals surface area contributed by atoms with E-state index in [-0.39, 0.29) is 12.7 Å². The number of hydrogen-bond donors (Lipinski definition) is 1. The first kappa shape index (κ1) is 6.92. The molecule has 0 aromatic carbocycles. The van der Waals surface area contributed by atoms with E-state index in [0.717, 1.165) is 6.42 Å². The molecule has 0 aliphatic rings. The lowest BCUT2D eigenvalue weighted by Gasteiger charge is -2.04. The summed E-state index contributed by atoms with van der Waals surface area (Å²) in [6.07, 6.45) is 0.932. The number of methoxy groups -OCH3 is 1. The minimum atomic E-state index is 0.199. The molecule has 0 bridgehead atoms. The molecular weight excluding hydrogens is 92.1 g/mol. The summed E-state index contributed by atoms with van der Waals surface area (Å²) < 4.78 is 4.83. The van der Waals surface area contributed by atoms with E-state index in [9.17, 15) is 0 Å². The Morgan fingerprint density at radius 1 is 1.71 bits per heavy atom. The number of rotatable bonds is 3. The Morgan fingerprint density at radius 2 is 2.29 bits per heavy atom. The van der Waals surface area contributed by atoms with E-state index in [2.05, 4.69) is 0 Å². The standard InChI is InChI=1S/C5H12O2/c1-5(7-2)3-4-6/h5-6H,3-4H2,1-2H3/t5-/m0/s1. The zero-order chi connectivity index (χ0) is 5.70. The lowest BCUT2D eigenvalue weighted by molar-refractivity contribution is 0.0917. The van der Waals surface area contributed by atoms with Gasteiger partial charge in [0.1, 0.15) is 0 Å². The van der Waals surface area contributed by atoms with Gasteiger partial charge >= 0.3 is 0 Å². The van der Waals surface area contributed by atoms with Gasteiger partial charge in [0.05, 0.1) is 6.10 Å². The maximum atomic E-state index is 8.29.